The summed E-state index contributed by atoms with van der Waals surface area (Å²) in [6.07, 6.45) is 3.86. The molecule has 1 fully saturated rings. The fourth-order valence-electron chi connectivity index (χ4n) is 3.88. The lowest BCUT2D eigenvalue weighted by Crippen LogP contribution is -2.65. The molecule has 6 nitrogen and oxygen atoms in total. The minimum Gasteiger partial charge on any atom is -0.276 e. The predicted octanol–water partition coefficient (Wildman–Crippen LogP) is 5.60. The number of carbonyl (C=O) groups excluding carboxylic acids is 3. The fraction of sp³-hybridized carbons (Fsp3) is 0.167. The minimum absolute atomic E-state index is 0.0115. The SMILES string of the molecule is O=C1NC(=O)[C@@](CCc2ccncc2)(Cc2cccc(Cl)c2Cl)C(=O)N1c1ccc(Br)cc1. The molecule has 0 radical (unpaired) electrons. The molecule has 168 valence electrons. The minimum atomic E-state index is -1.57. The Labute approximate surface area is 209 Å². The van der Waals surface area contributed by atoms with Crippen molar-refractivity contribution in [2.75, 3.05) is 4.90 Å². The van der Waals surface area contributed by atoms with Gasteiger partial charge in [-0.3, -0.25) is 19.9 Å². The van der Waals surface area contributed by atoms with Crippen molar-refractivity contribution in [3.63, 3.8) is 0 Å². The molecule has 1 N–H and O–H groups in total. The molecule has 33 heavy (non-hydrogen) atoms. The third kappa shape index (κ3) is 4.67. The van der Waals surface area contributed by atoms with Gasteiger partial charge in [0.25, 0.3) is 5.91 Å². The number of benzene rings is 2. The molecule has 0 saturated carbocycles. The van der Waals surface area contributed by atoms with Crippen LogP contribution in [0.3, 0.4) is 0 Å². The second-order valence-corrected chi connectivity index (χ2v) is 9.40. The van der Waals surface area contributed by atoms with Crippen molar-refractivity contribution < 1.29 is 14.4 Å². The van der Waals surface area contributed by atoms with E-state index < -0.39 is 23.3 Å². The van der Waals surface area contributed by atoms with E-state index in [2.05, 4.69) is 26.2 Å². The maximum absolute atomic E-state index is 13.9. The molecule has 9 heteroatoms. The Morgan fingerprint density at radius 1 is 0.970 bits per heavy atom. The number of amides is 4. The number of barbiturate groups is 1. The van der Waals surface area contributed by atoms with Gasteiger partial charge in [0.05, 0.1) is 15.7 Å². The van der Waals surface area contributed by atoms with Crippen LogP contribution in [0.15, 0.2) is 71.5 Å². The van der Waals surface area contributed by atoms with Crippen molar-refractivity contribution >= 4 is 62.7 Å². The van der Waals surface area contributed by atoms with Crippen LogP contribution in [0.2, 0.25) is 10.0 Å². The monoisotopic (exact) mass is 545 g/mol. The Bertz CT molecular complexity index is 1220. The number of anilines is 1. The smallest absolute Gasteiger partial charge is 0.276 e. The van der Waals surface area contributed by atoms with Crippen LogP contribution in [0.5, 0.6) is 0 Å². The largest absolute Gasteiger partial charge is 0.335 e. The zero-order chi connectivity index (χ0) is 23.6. The molecule has 0 aliphatic carbocycles. The van der Waals surface area contributed by atoms with Crippen LogP contribution in [0.25, 0.3) is 0 Å². The average Bonchev–Trinajstić information content (AvgIpc) is 2.80. The lowest BCUT2D eigenvalue weighted by molar-refractivity contribution is -0.143. The summed E-state index contributed by atoms with van der Waals surface area (Å²) in [6, 6.07) is 14.6. The number of halogens is 3. The van der Waals surface area contributed by atoms with Gasteiger partial charge in [0.1, 0.15) is 5.41 Å². The van der Waals surface area contributed by atoms with E-state index in [9.17, 15) is 14.4 Å². The number of hydrogen-bond donors (Lipinski definition) is 1. The number of carbonyl (C=O) groups is 3. The highest BCUT2D eigenvalue weighted by molar-refractivity contribution is 9.10. The number of urea groups is 1. The molecule has 1 aliphatic rings. The summed E-state index contributed by atoms with van der Waals surface area (Å²) < 4.78 is 0.793. The first-order valence-corrected chi connectivity index (χ1v) is 11.6. The molecule has 2 heterocycles. The van der Waals surface area contributed by atoms with E-state index in [1.165, 1.54) is 0 Å². The second-order valence-electron chi connectivity index (χ2n) is 7.70. The number of imide groups is 2. The Morgan fingerprint density at radius 2 is 1.67 bits per heavy atom. The molecule has 1 atom stereocenters. The quantitative estimate of drug-likeness (QED) is 0.408. The van der Waals surface area contributed by atoms with Gasteiger partial charge in [-0.25, -0.2) is 9.69 Å². The van der Waals surface area contributed by atoms with Crippen molar-refractivity contribution in [2.24, 2.45) is 5.41 Å². The second kappa shape index (κ2) is 9.63. The zero-order valence-electron chi connectivity index (χ0n) is 17.2. The predicted molar refractivity (Wildman–Crippen MR) is 130 cm³/mol. The molecular formula is C24H18BrCl2N3O3. The standard InChI is InChI=1S/C24H18BrCl2N3O3/c25-17-4-6-18(7-5-17)30-22(32)24(21(31)29-23(30)33,11-8-15-9-12-28-13-10-15)14-16-2-1-3-19(26)20(16)27/h1-7,9-10,12-13H,8,11,14H2,(H,29,31,33)/t24-/m1/s1. The van der Waals surface area contributed by atoms with Crippen LogP contribution >= 0.6 is 39.1 Å². The van der Waals surface area contributed by atoms with E-state index in [0.29, 0.717) is 22.7 Å². The highest BCUT2D eigenvalue weighted by Gasteiger charge is 2.54. The summed E-state index contributed by atoms with van der Waals surface area (Å²) in [7, 11) is 0. The molecule has 4 rings (SSSR count). The third-order valence-electron chi connectivity index (χ3n) is 5.67. The molecule has 4 amide bonds. The number of rotatable bonds is 6. The zero-order valence-corrected chi connectivity index (χ0v) is 20.3. The number of nitrogens with one attached hydrogen (secondary N) is 1. The summed E-state index contributed by atoms with van der Waals surface area (Å²) >= 11 is 16.0. The molecule has 1 aliphatic heterocycles. The third-order valence-corrected chi connectivity index (χ3v) is 7.06. The van der Waals surface area contributed by atoms with Gasteiger partial charge in [-0.2, -0.15) is 0 Å². The lowest BCUT2D eigenvalue weighted by atomic mass is 9.73. The maximum Gasteiger partial charge on any atom is 0.335 e. The van der Waals surface area contributed by atoms with Crippen LogP contribution in [-0.2, 0) is 22.4 Å². The van der Waals surface area contributed by atoms with E-state index in [1.807, 2.05) is 12.1 Å². The summed E-state index contributed by atoms with van der Waals surface area (Å²) in [6.45, 7) is 0. The van der Waals surface area contributed by atoms with Gasteiger partial charge in [-0.1, -0.05) is 51.3 Å². The van der Waals surface area contributed by atoms with Gasteiger partial charge < -0.3 is 0 Å². The van der Waals surface area contributed by atoms with Gasteiger partial charge in [0.15, 0.2) is 0 Å². The number of hydrogen-bond acceptors (Lipinski definition) is 4. The highest BCUT2D eigenvalue weighted by atomic mass is 79.9. The molecule has 1 saturated heterocycles. The van der Waals surface area contributed by atoms with Crippen molar-refractivity contribution in [3.8, 4) is 0 Å². The van der Waals surface area contributed by atoms with Gasteiger partial charge >= 0.3 is 6.03 Å². The van der Waals surface area contributed by atoms with Crippen LogP contribution in [0.4, 0.5) is 10.5 Å². The first-order chi connectivity index (χ1) is 15.8. The van der Waals surface area contributed by atoms with Crippen molar-refractivity contribution in [1.82, 2.24) is 10.3 Å². The highest BCUT2D eigenvalue weighted by Crippen LogP contribution is 2.39. The van der Waals surface area contributed by atoms with Crippen molar-refractivity contribution in [3.05, 3.63) is 92.6 Å². The van der Waals surface area contributed by atoms with Crippen molar-refractivity contribution in [1.29, 1.82) is 0 Å². The molecule has 0 spiro atoms. The van der Waals surface area contributed by atoms with E-state index >= 15 is 0 Å². The molecule has 3 aromatic rings. The summed E-state index contributed by atoms with van der Waals surface area (Å²) in [4.78, 5) is 45.0. The van der Waals surface area contributed by atoms with Crippen LogP contribution in [0.1, 0.15) is 17.5 Å². The number of aryl methyl sites for hydroxylation is 1. The van der Waals surface area contributed by atoms with Crippen LogP contribution < -0.4 is 10.2 Å². The van der Waals surface area contributed by atoms with Gasteiger partial charge in [-0.15, -0.1) is 0 Å². The Balaban J connectivity index is 1.79. The summed E-state index contributed by atoms with van der Waals surface area (Å²) in [5, 5.41) is 2.98. The molecule has 0 unspecified atom stereocenters. The van der Waals surface area contributed by atoms with Crippen LogP contribution in [-0.4, -0.2) is 22.8 Å². The first-order valence-electron chi connectivity index (χ1n) is 10.1. The number of aromatic nitrogens is 1. The molecule has 1 aromatic heterocycles. The van der Waals surface area contributed by atoms with E-state index in [-0.39, 0.29) is 17.9 Å². The Morgan fingerprint density at radius 3 is 2.36 bits per heavy atom. The van der Waals surface area contributed by atoms with Crippen molar-refractivity contribution in [2.45, 2.75) is 19.3 Å². The summed E-state index contributed by atoms with van der Waals surface area (Å²) in [5.74, 6) is -1.26. The average molecular weight is 547 g/mol. The van der Waals surface area contributed by atoms with Gasteiger partial charge in [0.2, 0.25) is 5.91 Å². The number of nitrogens with zero attached hydrogens (tertiary/aromatic N) is 2. The molecule has 0 bridgehead atoms. The van der Waals surface area contributed by atoms with Crippen LogP contribution in [0, 0.1) is 5.41 Å². The van der Waals surface area contributed by atoms with E-state index in [1.54, 1.807) is 54.9 Å². The fourth-order valence-corrected chi connectivity index (χ4v) is 4.53. The van der Waals surface area contributed by atoms with E-state index in [0.717, 1.165) is 14.9 Å². The lowest BCUT2D eigenvalue weighted by Gasteiger charge is -2.39. The Kier molecular flexibility index (Phi) is 6.83. The van der Waals surface area contributed by atoms with Gasteiger partial charge in [-0.05, 0) is 72.9 Å². The molecule has 2 aromatic carbocycles. The summed E-state index contributed by atoms with van der Waals surface area (Å²) in [5.41, 5.74) is 0.249. The van der Waals surface area contributed by atoms with E-state index in [4.69, 9.17) is 23.2 Å². The normalized spacial score (nSPS) is 18.4. The maximum atomic E-state index is 13.9. The molecular weight excluding hydrogens is 529 g/mol. The van der Waals surface area contributed by atoms with Gasteiger partial charge in [0, 0.05) is 16.9 Å². The Hall–Kier alpha value is -2.74. The topological polar surface area (TPSA) is 79.4 Å². The first kappa shape index (κ1) is 23.4. The number of pyridine rings is 1.